The Balaban J connectivity index is 1.53. The van der Waals surface area contributed by atoms with Crippen LogP contribution < -0.4 is 10.6 Å². The molecule has 1 heterocycles. The summed E-state index contributed by atoms with van der Waals surface area (Å²) in [6, 6.07) is 17.3. The lowest BCUT2D eigenvalue weighted by atomic mass is 10.0. The largest absolute Gasteiger partial charge is 0.392 e. The number of aromatic amines is 1. The van der Waals surface area contributed by atoms with E-state index in [1.807, 2.05) is 13.2 Å². The Morgan fingerprint density at radius 3 is 2.73 bits per heavy atom. The molecule has 3 nitrogen and oxygen atoms in total. The van der Waals surface area contributed by atoms with Crippen LogP contribution in [0.3, 0.4) is 0 Å². The topological polar surface area (TPSA) is 39.9 Å². The van der Waals surface area contributed by atoms with E-state index in [1.54, 1.807) is 0 Å². The Labute approximate surface area is 156 Å². The van der Waals surface area contributed by atoms with Crippen LogP contribution in [0.25, 0.3) is 22.0 Å². The standard InChI is InChI=1S/C23H29N3/c1-18(24-2)9-5-3-4-8-15-25-23-11-7-6-10-21(23)19-12-13-22-20(17-19)14-16-26-22/h6-7,10-14,16-17,24-26H,1,3-5,8-9,15H2,2H3. The number of fused-ring (bicyclic) bond motifs is 1. The first-order valence-corrected chi connectivity index (χ1v) is 9.54. The van der Waals surface area contributed by atoms with Crippen LogP contribution in [0.15, 0.2) is 67.0 Å². The third kappa shape index (κ3) is 4.69. The highest BCUT2D eigenvalue weighted by atomic mass is 14.9. The lowest BCUT2D eigenvalue weighted by Crippen LogP contribution is -2.04. The zero-order chi connectivity index (χ0) is 18.2. The molecule has 0 aliphatic heterocycles. The Hall–Kier alpha value is -2.68. The van der Waals surface area contributed by atoms with Gasteiger partial charge in [0.1, 0.15) is 0 Å². The van der Waals surface area contributed by atoms with Crippen molar-refractivity contribution >= 4 is 16.6 Å². The molecule has 0 fully saturated rings. The molecule has 136 valence electrons. The number of aromatic nitrogens is 1. The van der Waals surface area contributed by atoms with Crippen molar-refractivity contribution in [3.05, 3.63) is 67.0 Å². The van der Waals surface area contributed by atoms with Crippen LogP contribution in [0.2, 0.25) is 0 Å². The van der Waals surface area contributed by atoms with Crippen molar-refractivity contribution < 1.29 is 0 Å². The molecule has 0 bridgehead atoms. The summed E-state index contributed by atoms with van der Waals surface area (Å²) in [5.74, 6) is 0. The number of para-hydroxylation sites is 1. The minimum absolute atomic E-state index is 1.01. The van der Waals surface area contributed by atoms with Gasteiger partial charge in [-0.3, -0.25) is 0 Å². The molecule has 3 aromatic rings. The zero-order valence-electron chi connectivity index (χ0n) is 15.6. The normalized spacial score (nSPS) is 10.8. The van der Waals surface area contributed by atoms with Gasteiger partial charge in [0.25, 0.3) is 0 Å². The summed E-state index contributed by atoms with van der Waals surface area (Å²) in [5, 5.41) is 7.99. The molecule has 26 heavy (non-hydrogen) atoms. The summed E-state index contributed by atoms with van der Waals surface area (Å²) in [6.45, 7) is 4.99. The second kappa shape index (κ2) is 9.14. The van der Waals surface area contributed by atoms with Gasteiger partial charge in [0.05, 0.1) is 0 Å². The first-order valence-electron chi connectivity index (χ1n) is 9.54. The molecule has 0 saturated heterocycles. The molecule has 0 saturated carbocycles. The number of benzene rings is 2. The van der Waals surface area contributed by atoms with E-state index in [0.29, 0.717) is 0 Å². The van der Waals surface area contributed by atoms with Crippen LogP contribution in [0.5, 0.6) is 0 Å². The fourth-order valence-corrected chi connectivity index (χ4v) is 3.27. The molecule has 0 aliphatic carbocycles. The van der Waals surface area contributed by atoms with E-state index in [9.17, 15) is 0 Å². The molecule has 1 aromatic heterocycles. The van der Waals surface area contributed by atoms with Gasteiger partial charge in [-0.2, -0.15) is 0 Å². The molecule has 0 aliphatic rings. The average molecular weight is 348 g/mol. The number of unbranched alkanes of at least 4 members (excludes halogenated alkanes) is 3. The summed E-state index contributed by atoms with van der Waals surface area (Å²) in [7, 11) is 1.94. The molecular formula is C23H29N3. The van der Waals surface area contributed by atoms with Crippen LogP contribution in [0, 0.1) is 0 Å². The van der Waals surface area contributed by atoms with Crippen LogP contribution in [-0.2, 0) is 0 Å². The lowest BCUT2D eigenvalue weighted by Gasteiger charge is -2.12. The summed E-state index contributed by atoms with van der Waals surface area (Å²) < 4.78 is 0. The maximum absolute atomic E-state index is 3.98. The SMILES string of the molecule is C=C(CCCCCCNc1ccccc1-c1ccc2[nH]ccc2c1)NC. The fraction of sp³-hybridized carbons (Fsp3) is 0.304. The number of hydrogen-bond donors (Lipinski definition) is 3. The van der Waals surface area contributed by atoms with Crippen molar-refractivity contribution in [2.24, 2.45) is 0 Å². The maximum atomic E-state index is 3.98. The van der Waals surface area contributed by atoms with Crippen LogP contribution in [0.4, 0.5) is 5.69 Å². The smallest absolute Gasteiger partial charge is 0.0454 e. The van der Waals surface area contributed by atoms with Gasteiger partial charge in [0.2, 0.25) is 0 Å². The zero-order valence-corrected chi connectivity index (χ0v) is 15.6. The monoisotopic (exact) mass is 347 g/mol. The van der Waals surface area contributed by atoms with Crippen LogP contribution >= 0.6 is 0 Å². The first-order chi connectivity index (χ1) is 12.8. The third-order valence-corrected chi connectivity index (χ3v) is 4.87. The predicted octanol–water partition coefficient (Wildman–Crippen LogP) is 5.93. The van der Waals surface area contributed by atoms with Crippen molar-refractivity contribution in [3.8, 4) is 11.1 Å². The van der Waals surface area contributed by atoms with Gasteiger partial charge in [-0.25, -0.2) is 0 Å². The molecular weight excluding hydrogens is 318 g/mol. The van der Waals surface area contributed by atoms with Gasteiger partial charge in [0.15, 0.2) is 0 Å². The minimum atomic E-state index is 1.01. The second-order valence-electron chi connectivity index (χ2n) is 6.77. The molecule has 0 amide bonds. The van der Waals surface area contributed by atoms with E-state index < -0.39 is 0 Å². The van der Waals surface area contributed by atoms with Crippen molar-refractivity contribution in [2.75, 3.05) is 18.9 Å². The molecule has 0 radical (unpaired) electrons. The number of nitrogens with one attached hydrogen (secondary N) is 3. The summed E-state index contributed by atoms with van der Waals surface area (Å²) in [4.78, 5) is 3.26. The predicted molar refractivity (Wildman–Crippen MR) is 114 cm³/mol. The van der Waals surface area contributed by atoms with Gasteiger partial charge >= 0.3 is 0 Å². The number of H-pyrrole nitrogens is 1. The Bertz CT molecular complexity index is 847. The number of hydrogen-bond acceptors (Lipinski definition) is 2. The lowest BCUT2D eigenvalue weighted by molar-refractivity contribution is 0.641. The summed E-state index contributed by atoms with van der Waals surface area (Å²) in [6.07, 6.45) is 7.98. The molecule has 0 unspecified atom stereocenters. The molecule has 3 N–H and O–H groups in total. The second-order valence-corrected chi connectivity index (χ2v) is 6.77. The van der Waals surface area contributed by atoms with Crippen molar-refractivity contribution in [1.82, 2.24) is 10.3 Å². The van der Waals surface area contributed by atoms with Gasteiger partial charge in [-0.1, -0.05) is 43.7 Å². The average Bonchev–Trinajstić information content (AvgIpc) is 3.15. The third-order valence-electron chi connectivity index (χ3n) is 4.87. The Morgan fingerprint density at radius 2 is 1.85 bits per heavy atom. The van der Waals surface area contributed by atoms with Crippen LogP contribution in [0.1, 0.15) is 32.1 Å². The molecule has 0 atom stereocenters. The van der Waals surface area contributed by atoms with Crippen LogP contribution in [-0.4, -0.2) is 18.6 Å². The van der Waals surface area contributed by atoms with E-state index in [2.05, 4.69) is 70.7 Å². The highest BCUT2D eigenvalue weighted by Gasteiger charge is 2.05. The number of rotatable bonds is 10. The Morgan fingerprint density at radius 1 is 1.00 bits per heavy atom. The summed E-state index contributed by atoms with van der Waals surface area (Å²) in [5.41, 5.74) is 6.05. The van der Waals surface area contributed by atoms with Gasteiger partial charge in [-0.15, -0.1) is 0 Å². The maximum Gasteiger partial charge on any atom is 0.0454 e. The van der Waals surface area contributed by atoms with E-state index in [1.165, 1.54) is 53.4 Å². The van der Waals surface area contributed by atoms with Crippen molar-refractivity contribution in [2.45, 2.75) is 32.1 Å². The van der Waals surface area contributed by atoms with Gasteiger partial charge in [0, 0.05) is 42.3 Å². The first kappa shape index (κ1) is 18.1. The Kier molecular flexibility index (Phi) is 6.37. The highest BCUT2D eigenvalue weighted by Crippen LogP contribution is 2.30. The molecule has 2 aromatic carbocycles. The molecule has 0 spiro atoms. The molecule has 3 rings (SSSR count). The van der Waals surface area contributed by atoms with E-state index in [-0.39, 0.29) is 0 Å². The minimum Gasteiger partial charge on any atom is -0.392 e. The van der Waals surface area contributed by atoms with Crippen molar-refractivity contribution in [3.63, 3.8) is 0 Å². The van der Waals surface area contributed by atoms with E-state index in [4.69, 9.17) is 0 Å². The van der Waals surface area contributed by atoms with E-state index >= 15 is 0 Å². The quantitative estimate of drug-likeness (QED) is 0.398. The molecule has 3 heteroatoms. The number of anilines is 1. The van der Waals surface area contributed by atoms with Gasteiger partial charge < -0.3 is 15.6 Å². The van der Waals surface area contributed by atoms with Gasteiger partial charge in [-0.05, 0) is 54.5 Å². The highest BCUT2D eigenvalue weighted by molar-refractivity contribution is 5.88. The number of allylic oxidation sites excluding steroid dienone is 1. The van der Waals surface area contributed by atoms with Crippen molar-refractivity contribution in [1.29, 1.82) is 0 Å². The fourth-order valence-electron chi connectivity index (χ4n) is 3.27. The van der Waals surface area contributed by atoms with E-state index in [0.717, 1.165) is 18.7 Å². The summed E-state index contributed by atoms with van der Waals surface area (Å²) >= 11 is 0.